The topological polar surface area (TPSA) is 40.0 Å². The number of fused-ring (bicyclic) bond motifs is 2. The van der Waals surface area contributed by atoms with Gasteiger partial charge in [0.25, 0.3) is 0 Å². The van der Waals surface area contributed by atoms with Crippen LogP contribution in [-0.4, -0.2) is 11.2 Å². The van der Waals surface area contributed by atoms with E-state index >= 15 is 0 Å². The van der Waals surface area contributed by atoms with Crippen LogP contribution in [0.15, 0.2) is 46.8 Å². The van der Waals surface area contributed by atoms with Crippen molar-refractivity contribution in [3.05, 3.63) is 47.2 Å². The molecule has 1 aromatic carbocycles. The predicted molar refractivity (Wildman–Crippen MR) is 53.2 cm³/mol. The van der Waals surface area contributed by atoms with Gasteiger partial charge in [-0.1, -0.05) is 18.2 Å². The van der Waals surface area contributed by atoms with Crippen LogP contribution in [0.25, 0.3) is 5.70 Å². The fourth-order valence-electron chi connectivity index (χ4n) is 1.56. The first-order valence-electron chi connectivity index (χ1n) is 4.37. The van der Waals surface area contributed by atoms with Crippen LogP contribution >= 0.6 is 0 Å². The summed E-state index contributed by atoms with van der Waals surface area (Å²) in [6, 6.07) is 8.00. The number of hydrazone groups is 1. The second-order valence-corrected chi connectivity index (χ2v) is 3.06. The molecule has 0 unspecified atom stereocenters. The molecule has 4 nitrogen and oxygen atoms in total. The summed E-state index contributed by atoms with van der Waals surface area (Å²) in [4.78, 5) is 4.32. The van der Waals surface area contributed by atoms with E-state index in [1.807, 2.05) is 35.5 Å². The first kappa shape index (κ1) is 7.32. The molecule has 0 spiro atoms. The van der Waals surface area contributed by atoms with Crippen molar-refractivity contribution < 1.29 is 0 Å². The second-order valence-electron chi connectivity index (χ2n) is 3.06. The molecule has 0 saturated heterocycles. The van der Waals surface area contributed by atoms with Crippen molar-refractivity contribution in [3.8, 4) is 0 Å². The molecule has 0 bridgehead atoms. The molecular formula is C10H8N4. The first-order valence-corrected chi connectivity index (χ1v) is 4.37. The molecule has 0 fully saturated rings. The Kier molecular flexibility index (Phi) is 1.41. The van der Waals surface area contributed by atoms with Crippen molar-refractivity contribution >= 4 is 11.9 Å². The van der Waals surface area contributed by atoms with Crippen LogP contribution in [0.1, 0.15) is 0 Å². The van der Waals surface area contributed by atoms with E-state index in [2.05, 4.69) is 15.6 Å². The minimum Gasteiger partial charge on any atom is -0.255 e. The standard InChI is InChI=1S/C10H8N4/c1-2-4-9-8(3-1)10-7-12-13-14(10)6-5-11-9/h1-7,13H. The quantitative estimate of drug-likeness (QED) is 0.601. The van der Waals surface area contributed by atoms with E-state index in [-0.39, 0.29) is 0 Å². The maximum absolute atomic E-state index is 4.32. The second kappa shape index (κ2) is 2.70. The van der Waals surface area contributed by atoms with Crippen LogP contribution < -0.4 is 16.1 Å². The Bertz CT molecular complexity index is 541. The average molecular weight is 184 g/mol. The van der Waals surface area contributed by atoms with Gasteiger partial charge in [-0.25, -0.2) is 10.5 Å². The molecule has 3 rings (SSSR count). The van der Waals surface area contributed by atoms with E-state index in [1.165, 1.54) is 0 Å². The molecule has 0 radical (unpaired) electrons. The average Bonchev–Trinajstić information content (AvgIpc) is 2.61. The van der Waals surface area contributed by atoms with Crippen LogP contribution in [0.5, 0.6) is 0 Å². The van der Waals surface area contributed by atoms with Gasteiger partial charge in [-0.3, -0.25) is 4.99 Å². The molecule has 14 heavy (non-hydrogen) atoms. The fourth-order valence-corrected chi connectivity index (χ4v) is 1.56. The summed E-state index contributed by atoms with van der Waals surface area (Å²) in [5.74, 6) is 0. The highest BCUT2D eigenvalue weighted by molar-refractivity contribution is 6.02. The zero-order chi connectivity index (χ0) is 9.38. The van der Waals surface area contributed by atoms with Crippen LogP contribution in [0.4, 0.5) is 0 Å². The predicted octanol–water partition coefficient (Wildman–Crippen LogP) is -0.295. The minimum absolute atomic E-state index is 0.969. The number of hydrazine groups is 1. The Labute approximate surface area is 80.5 Å². The van der Waals surface area contributed by atoms with Crippen molar-refractivity contribution in [1.82, 2.24) is 10.5 Å². The molecule has 2 aliphatic rings. The van der Waals surface area contributed by atoms with Crippen molar-refractivity contribution in [1.29, 1.82) is 0 Å². The van der Waals surface area contributed by atoms with Gasteiger partial charge in [0.15, 0.2) is 0 Å². The Balaban J connectivity index is 2.46. The highest BCUT2D eigenvalue weighted by atomic mass is 15.7. The molecule has 0 amide bonds. The van der Waals surface area contributed by atoms with Crippen molar-refractivity contribution in [2.75, 3.05) is 0 Å². The van der Waals surface area contributed by atoms with Gasteiger partial charge in [-0.2, -0.15) is 5.10 Å². The van der Waals surface area contributed by atoms with E-state index in [4.69, 9.17) is 0 Å². The van der Waals surface area contributed by atoms with Gasteiger partial charge in [0.1, 0.15) is 0 Å². The zero-order valence-electron chi connectivity index (χ0n) is 7.38. The Morgan fingerprint density at radius 2 is 2.14 bits per heavy atom. The van der Waals surface area contributed by atoms with E-state index in [9.17, 15) is 0 Å². The summed E-state index contributed by atoms with van der Waals surface area (Å²) in [5.41, 5.74) is 3.88. The Morgan fingerprint density at radius 3 is 3.14 bits per heavy atom. The smallest absolute Gasteiger partial charge is 0.0935 e. The number of nitrogens with one attached hydrogen (secondary N) is 1. The third-order valence-corrected chi connectivity index (χ3v) is 2.22. The maximum atomic E-state index is 4.32. The number of rotatable bonds is 0. The van der Waals surface area contributed by atoms with Gasteiger partial charge in [0.05, 0.1) is 17.3 Å². The van der Waals surface area contributed by atoms with Crippen LogP contribution in [0.3, 0.4) is 0 Å². The van der Waals surface area contributed by atoms with Crippen LogP contribution in [0, 0.1) is 0 Å². The summed E-state index contributed by atoms with van der Waals surface area (Å²) in [6.45, 7) is 0. The molecule has 4 heteroatoms. The van der Waals surface area contributed by atoms with Crippen LogP contribution in [-0.2, 0) is 0 Å². The lowest BCUT2D eigenvalue weighted by atomic mass is 10.2. The zero-order valence-corrected chi connectivity index (χ0v) is 7.38. The number of benzene rings is 1. The third-order valence-electron chi connectivity index (χ3n) is 2.22. The van der Waals surface area contributed by atoms with Crippen LogP contribution in [0.2, 0.25) is 0 Å². The van der Waals surface area contributed by atoms with Crippen molar-refractivity contribution in [3.63, 3.8) is 0 Å². The molecular weight excluding hydrogens is 176 g/mol. The lowest BCUT2D eigenvalue weighted by Gasteiger charge is -2.10. The first-order chi connectivity index (χ1) is 6.95. The number of nitrogens with zero attached hydrogens (tertiary/aromatic N) is 3. The molecule has 2 heterocycles. The van der Waals surface area contributed by atoms with E-state index in [1.54, 1.807) is 12.4 Å². The minimum atomic E-state index is 0.969. The van der Waals surface area contributed by atoms with Gasteiger partial charge in [0, 0.05) is 17.6 Å². The summed E-state index contributed by atoms with van der Waals surface area (Å²) in [5, 5.41) is 7.89. The van der Waals surface area contributed by atoms with E-state index in [0.717, 1.165) is 16.3 Å². The largest absolute Gasteiger partial charge is 0.255 e. The highest BCUT2D eigenvalue weighted by Crippen LogP contribution is 2.04. The lowest BCUT2D eigenvalue weighted by Crippen LogP contribution is -2.32. The van der Waals surface area contributed by atoms with Crippen molar-refractivity contribution in [2.45, 2.75) is 0 Å². The normalized spacial score (nSPS) is 16.9. The molecule has 1 N–H and O–H groups in total. The molecule has 68 valence electrons. The van der Waals surface area contributed by atoms with Gasteiger partial charge in [0.2, 0.25) is 0 Å². The molecule has 0 aliphatic carbocycles. The molecule has 1 aromatic rings. The summed E-state index contributed by atoms with van der Waals surface area (Å²) in [7, 11) is 0. The molecule has 0 aromatic heterocycles. The van der Waals surface area contributed by atoms with Gasteiger partial charge in [-0.15, -0.1) is 0 Å². The van der Waals surface area contributed by atoms with E-state index in [0.29, 0.717) is 0 Å². The van der Waals surface area contributed by atoms with Gasteiger partial charge >= 0.3 is 0 Å². The molecule has 2 aliphatic heterocycles. The lowest BCUT2D eigenvalue weighted by molar-refractivity contribution is 0.423. The summed E-state index contributed by atoms with van der Waals surface area (Å²) >= 11 is 0. The highest BCUT2D eigenvalue weighted by Gasteiger charge is 2.11. The van der Waals surface area contributed by atoms with Crippen molar-refractivity contribution in [2.24, 2.45) is 10.1 Å². The molecule has 0 atom stereocenters. The fraction of sp³-hybridized carbons (Fsp3) is 0. The summed E-state index contributed by atoms with van der Waals surface area (Å²) < 4.78 is 0. The Hall–Kier alpha value is -2.10. The number of hydrogen-bond acceptors (Lipinski definition) is 4. The molecule has 0 saturated carbocycles. The van der Waals surface area contributed by atoms with Gasteiger partial charge in [-0.05, 0) is 6.07 Å². The SMILES string of the molecule is C1=CN2NN=CC2=c2ccccc2=N1. The van der Waals surface area contributed by atoms with E-state index < -0.39 is 0 Å². The maximum Gasteiger partial charge on any atom is 0.0935 e. The number of para-hydroxylation sites is 1. The number of hydrogen-bond donors (Lipinski definition) is 1. The van der Waals surface area contributed by atoms with Gasteiger partial charge < -0.3 is 0 Å². The Morgan fingerprint density at radius 1 is 1.21 bits per heavy atom. The monoisotopic (exact) mass is 184 g/mol. The third kappa shape index (κ3) is 0.939. The summed E-state index contributed by atoms with van der Waals surface area (Å²) in [6.07, 6.45) is 5.40.